The lowest BCUT2D eigenvalue weighted by atomic mass is 10.0. The normalized spacial score (nSPS) is 18.8. The molecule has 5 rings (SSSR count). The van der Waals surface area contributed by atoms with Gasteiger partial charge < -0.3 is 15.0 Å². The van der Waals surface area contributed by atoms with Crippen LogP contribution in [0.3, 0.4) is 0 Å². The molecular weight excluding hydrogens is 362 g/mol. The van der Waals surface area contributed by atoms with Crippen LogP contribution >= 0.6 is 0 Å². The van der Waals surface area contributed by atoms with E-state index in [-0.39, 0.29) is 11.9 Å². The van der Waals surface area contributed by atoms with Crippen LogP contribution in [0.1, 0.15) is 47.6 Å². The number of nitrogens with zero attached hydrogens (tertiary/aromatic N) is 2. The summed E-state index contributed by atoms with van der Waals surface area (Å²) in [6.07, 6.45) is 4.31. The highest BCUT2D eigenvalue weighted by Gasteiger charge is 2.29. The molecule has 1 saturated heterocycles. The molecule has 0 bridgehead atoms. The maximum absolute atomic E-state index is 12.9. The van der Waals surface area contributed by atoms with Gasteiger partial charge in [-0.2, -0.15) is 0 Å². The average Bonchev–Trinajstić information content (AvgIpc) is 3.44. The average molecular weight is 387 g/mol. The fourth-order valence-corrected chi connectivity index (χ4v) is 4.22. The molecule has 5 heteroatoms. The van der Waals surface area contributed by atoms with Crippen LogP contribution in [0.5, 0.6) is 5.75 Å². The van der Waals surface area contributed by atoms with Crippen molar-refractivity contribution in [1.82, 2.24) is 10.3 Å². The molecule has 1 N–H and O–H groups in total. The number of pyridine rings is 1. The Morgan fingerprint density at radius 1 is 1.10 bits per heavy atom. The second-order valence-electron chi connectivity index (χ2n) is 7.92. The van der Waals surface area contributed by atoms with Crippen molar-refractivity contribution >= 4 is 22.6 Å². The lowest BCUT2D eigenvalue weighted by Crippen LogP contribution is -2.27. The van der Waals surface area contributed by atoms with Crippen LogP contribution in [-0.4, -0.2) is 30.6 Å². The van der Waals surface area contributed by atoms with Crippen molar-refractivity contribution in [3.8, 4) is 5.75 Å². The predicted molar refractivity (Wildman–Crippen MR) is 115 cm³/mol. The molecule has 2 fully saturated rings. The van der Waals surface area contributed by atoms with Gasteiger partial charge in [-0.1, -0.05) is 30.3 Å². The van der Waals surface area contributed by atoms with Gasteiger partial charge >= 0.3 is 0 Å². The van der Waals surface area contributed by atoms with Crippen molar-refractivity contribution in [2.24, 2.45) is 0 Å². The van der Waals surface area contributed by atoms with Gasteiger partial charge in [-0.3, -0.25) is 4.79 Å². The van der Waals surface area contributed by atoms with Crippen molar-refractivity contribution in [2.75, 3.05) is 18.6 Å². The molecule has 2 aliphatic rings. The van der Waals surface area contributed by atoms with Gasteiger partial charge in [0.2, 0.25) is 0 Å². The van der Waals surface area contributed by atoms with Crippen molar-refractivity contribution in [1.29, 1.82) is 0 Å². The molecule has 0 radical (unpaired) electrons. The minimum atomic E-state index is 0.00415. The van der Waals surface area contributed by atoms with Crippen molar-refractivity contribution in [2.45, 2.75) is 37.8 Å². The quantitative estimate of drug-likeness (QED) is 0.701. The van der Waals surface area contributed by atoms with Crippen LogP contribution in [0.25, 0.3) is 10.9 Å². The molecule has 1 aromatic heterocycles. The Balaban J connectivity index is 1.55. The summed E-state index contributed by atoms with van der Waals surface area (Å²) in [5, 5.41) is 4.05. The minimum Gasteiger partial charge on any atom is -0.497 e. The van der Waals surface area contributed by atoms with Crippen molar-refractivity contribution < 1.29 is 9.53 Å². The molecule has 1 amide bonds. The number of hydrogen-bond acceptors (Lipinski definition) is 4. The number of methoxy groups -OCH3 is 1. The molecule has 2 heterocycles. The summed E-state index contributed by atoms with van der Waals surface area (Å²) in [5.41, 5.74) is 2.80. The minimum absolute atomic E-state index is 0.00415. The Morgan fingerprint density at radius 2 is 1.97 bits per heavy atom. The zero-order chi connectivity index (χ0) is 19.8. The van der Waals surface area contributed by atoms with Crippen molar-refractivity contribution in [3.05, 3.63) is 65.7 Å². The highest BCUT2D eigenvalue weighted by molar-refractivity contribution is 6.07. The topological polar surface area (TPSA) is 54.5 Å². The fourth-order valence-electron chi connectivity index (χ4n) is 4.22. The van der Waals surface area contributed by atoms with Gasteiger partial charge in [0.05, 0.1) is 24.2 Å². The molecule has 29 heavy (non-hydrogen) atoms. The second kappa shape index (κ2) is 7.39. The smallest absolute Gasteiger partial charge is 0.252 e. The Hall–Kier alpha value is -3.08. The van der Waals surface area contributed by atoms with Crippen LogP contribution in [0.15, 0.2) is 54.6 Å². The number of amides is 1. The fraction of sp³-hybridized carbons (Fsp3) is 0.333. The Labute approximate surface area is 170 Å². The van der Waals surface area contributed by atoms with Crippen molar-refractivity contribution in [3.63, 3.8) is 0 Å². The summed E-state index contributed by atoms with van der Waals surface area (Å²) in [5.74, 6) is 1.74. The van der Waals surface area contributed by atoms with E-state index in [1.165, 1.54) is 5.56 Å². The molecule has 1 saturated carbocycles. The zero-order valence-corrected chi connectivity index (χ0v) is 16.6. The Bertz CT molecular complexity index is 1060. The first-order valence-corrected chi connectivity index (χ1v) is 10.3. The number of carbonyl (C=O) groups excluding carboxylic acids is 1. The highest BCUT2D eigenvalue weighted by atomic mass is 16.5. The van der Waals surface area contributed by atoms with E-state index in [2.05, 4.69) is 22.3 Å². The molecular formula is C24H25N3O2. The van der Waals surface area contributed by atoms with Gasteiger partial charge in [0, 0.05) is 18.0 Å². The van der Waals surface area contributed by atoms with Gasteiger partial charge in [-0.25, -0.2) is 4.98 Å². The lowest BCUT2D eigenvalue weighted by Gasteiger charge is -2.27. The van der Waals surface area contributed by atoms with Crippen LogP contribution in [-0.2, 0) is 0 Å². The number of aromatic nitrogens is 1. The molecule has 3 aromatic rings. The first-order valence-electron chi connectivity index (χ1n) is 10.3. The Morgan fingerprint density at radius 3 is 2.79 bits per heavy atom. The SMILES string of the molecule is COc1cccc(C2CCCN2c2cc(C(=O)NC3CC3)c3ccccc3n2)c1. The third kappa shape index (κ3) is 3.53. The molecule has 0 spiro atoms. The number of carbonyl (C=O) groups is 1. The molecule has 148 valence electrons. The molecule has 1 unspecified atom stereocenters. The van der Waals surface area contributed by atoms with Crippen LogP contribution < -0.4 is 15.0 Å². The van der Waals surface area contributed by atoms with Gasteiger partial charge in [0.15, 0.2) is 0 Å². The summed E-state index contributed by atoms with van der Waals surface area (Å²) in [4.78, 5) is 20.2. The standard InChI is InChI=1S/C24H25N3O2/c1-29-18-7-4-6-16(14-18)22-10-5-13-27(22)23-15-20(24(28)25-17-11-12-17)19-8-2-3-9-21(19)26-23/h2-4,6-9,14-15,17,22H,5,10-13H2,1H3,(H,25,28). The van der Waals surface area contributed by atoms with E-state index in [1.54, 1.807) is 7.11 Å². The number of benzene rings is 2. The maximum atomic E-state index is 12.9. The number of nitrogens with one attached hydrogen (secondary N) is 1. The molecule has 1 aliphatic heterocycles. The summed E-state index contributed by atoms with van der Waals surface area (Å²) >= 11 is 0. The van der Waals surface area contributed by atoms with Gasteiger partial charge in [0.25, 0.3) is 5.91 Å². The number of ether oxygens (including phenoxy) is 1. The van der Waals surface area contributed by atoms with E-state index in [4.69, 9.17) is 9.72 Å². The second-order valence-corrected chi connectivity index (χ2v) is 7.92. The number of anilines is 1. The number of fused-ring (bicyclic) bond motifs is 1. The maximum Gasteiger partial charge on any atom is 0.252 e. The number of rotatable bonds is 5. The summed E-state index contributed by atoms with van der Waals surface area (Å²) in [6.45, 7) is 0.927. The number of para-hydroxylation sites is 1. The van der Waals surface area contributed by atoms with E-state index in [1.807, 2.05) is 42.5 Å². The third-order valence-corrected chi connectivity index (χ3v) is 5.89. The summed E-state index contributed by atoms with van der Waals surface area (Å²) < 4.78 is 5.42. The van der Waals surface area contributed by atoms with E-state index < -0.39 is 0 Å². The summed E-state index contributed by atoms with van der Waals surface area (Å²) in [7, 11) is 1.70. The first-order chi connectivity index (χ1) is 14.2. The zero-order valence-electron chi connectivity index (χ0n) is 16.6. The molecule has 1 aliphatic carbocycles. The number of hydrogen-bond donors (Lipinski definition) is 1. The van der Waals surface area contributed by atoms with Crippen LogP contribution in [0, 0.1) is 0 Å². The molecule has 2 aromatic carbocycles. The van der Waals surface area contributed by atoms with Crippen LogP contribution in [0.4, 0.5) is 5.82 Å². The van der Waals surface area contributed by atoms with E-state index in [0.29, 0.717) is 11.6 Å². The van der Waals surface area contributed by atoms with Gasteiger partial charge in [-0.15, -0.1) is 0 Å². The van der Waals surface area contributed by atoms with Crippen LogP contribution in [0.2, 0.25) is 0 Å². The van der Waals surface area contributed by atoms with Gasteiger partial charge in [0.1, 0.15) is 11.6 Å². The predicted octanol–water partition coefficient (Wildman–Crippen LogP) is 4.48. The summed E-state index contributed by atoms with van der Waals surface area (Å²) in [6, 6.07) is 18.7. The monoisotopic (exact) mass is 387 g/mol. The molecule has 1 atom stereocenters. The van der Waals surface area contributed by atoms with Gasteiger partial charge in [-0.05, 0) is 55.5 Å². The first kappa shape index (κ1) is 18.0. The molecule has 5 nitrogen and oxygen atoms in total. The van der Waals surface area contributed by atoms with E-state index >= 15 is 0 Å². The largest absolute Gasteiger partial charge is 0.497 e. The lowest BCUT2D eigenvalue weighted by molar-refractivity contribution is 0.0952. The Kier molecular flexibility index (Phi) is 4.58. The van der Waals surface area contributed by atoms with E-state index in [0.717, 1.165) is 54.7 Å². The highest BCUT2D eigenvalue weighted by Crippen LogP contribution is 2.37. The third-order valence-electron chi connectivity index (χ3n) is 5.89. The van der Waals surface area contributed by atoms with E-state index in [9.17, 15) is 4.79 Å².